The Morgan fingerprint density at radius 3 is 3.19 bits per heavy atom. The summed E-state index contributed by atoms with van der Waals surface area (Å²) in [6.45, 7) is 3.67. The lowest BCUT2D eigenvalue weighted by Gasteiger charge is -2.16. The van der Waals surface area contributed by atoms with Crippen LogP contribution in [0.15, 0.2) is 15.7 Å². The van der Waals surface area contributed by atoms with Crippen LogP contribution in [0.1, 0.15) is 36.6 Å². The Bertz CT molecular complexity index is 768. The van der Waals surface area contributed by atoms with Crippen molar-refractivity contribution in [3.63, 3.8) is 0 Å². The third kappa shape index (κ3) is 4.29. The smallest absolute Gasteiger partial charge is 0.277 e. The number of aromatic nitrogens is 2. The molecule has 0 bridgehead atoms. The van der Waals surface area contributed by atoms with Gasteiger partial charge in [0.15, 0.2) is 0 Å². The zero-order valence-electron chi connectivity index (χ0n) is 14.8. The molecule has 6 nitrogen and oxygen atoms in total. The minimum absolute atomic E-state index is 0.0363. The van der Waals surface area contributed by atoms with Crippen molar-refractivity contribution in [2.45, 2.75) is 50.4 Å². The molecule has 2 aromatic rings. The lowest BCUT2D eigenvalue weighted by atomic mass is 9.90. The molecule has 2 aromatic heterocycles. The molecule has 1 aliphatic heterocycles. The number of hydrogen-bond acceptors (Lipinski definition) is 7. The average Bonchev–Trinajstić information content (AvgIpc) is 3.36. The Balaban J connectivity index is 1.30. The van der Waals surface area contributed by atoms with Gasteiger partial charge in [-0.1, -0.05) is 18.7 Å². The Labute approximate surface area is 161 Å². The third-order valence-corrected chi connectivity index (χ3v) is 6.87. The summed E-state index contributed by atoms with van der Waals surface area (Å²) < 4.78 is 11.2. The summed E-state index contributed by atoms with van der Waals surface area (Å²) in [6.07, 6.45) is 5.77. The van der Waals surface area contributed by atoms with Gasteiger partial charge in [0.05, 0.1) is 16.7 Å². The van der Waals surface area contributed by atoms with Gasteiger partial charge in [-0.2, -0.15) is 0 Å². The van der Waals surface area contributed by atoms with Gasteiger partial charge in [0.2, 0.25) is 5.91 Å². The van der Waals surface area contributed by atoms with Crippen LogP contribution in [-0.4, -0.2) is 41.1 Å². The molecule has 2 atom stereocenters. The highest BCUT2D eigenvalue weighted by molar-refractivity contribution is 7.99. The highest BCUT2D eigenvalue weighted by atomic mass is 32.2. The SMILES string of the molecule is C[C@H]1CCc2sc(-c3nnc(SCC(=O)NC[C@@H]4CCCO4)o3)cc2C1. The van der Waals surface area contributed by atoms with Crippen LogP contribution in [0.2, 0.25) is 0 Å². The first-order chi connectivity index (χ1) is 12.7. The molecule has 26 heavy (non-hydrogen) atoms. The zero-order valence-corrected chi connectivity index (χ0v) is 16.5. The largest absolute Gasteiger partial charge is 0.410 e. The van der Waals surface area contributed by atoms with Gasteiger partial charge < -0.3 is 14.5 Å². The van der Waals surface area contributed by atoms with Gasteiger partial charge in [-0.05, 0) is 49.7 Å². The van der Waals surface area contributed by atoms with Crippen LogP contribution in [0.4, 0.5) is 0 Å². The van der Waals surface area contributed by atoms with Crippen LogP contribution in [0.5, 0.6) is 0 Å². The number of ether oxygens (including phenoxy) is 1. The van der Waals surface area contributed by atoms with E-state index in [0.29, 0.717) is 17.7 Å². The predicted octanol–water partition coefficient (Wildman–Crippen LogP) is 3.31. The fourth-order valence-corrected chi connectivity index (χ4v) is 5.11. The van der Waals surface area contributed by atoms with Gasteiger partial charge in [-0.15, -0.1) is 21.5 Å². The number of amides is 1. The lowest BCUT2D eigenvalue weighted by Crippen LogP contribution is -2.32. The van der Waals surface area contributed by atoms with Gasteiger partial charge in [-0.25, -0.2) is 0 Å². The van der Waals surface area contributed by atoms with E-state index >= 15 is 0 Å². The molecule has 4 rings (SSSR count). The van der Waals surface area contributed by atoms with Crippen molar-refractivity contribution in [3.8, 4) is 10.8 Å². The fraction of sp³-hybridized carbons (Fsp3) is 0.611. The zero-order chi connectivity index (χ0) is 17.9. The molecule has 140 valence electrons. The Kier molecular flexibility index (Phi) is 5.61. The molecule has 8 heteroatoms. The number of thioether (sulfide) groups is 1. The van der Waals surface area contributed by atoms with Crippen LogP contribution in [-0.2, 0) is 22.4 Å². The van der Waals surface area contributed by atoms with E-state index in [0.717, 1.165) is 43.1 Å². The highest BCUT2D eigenvalue weighted by Gasteiger charge is 2.21. The Morgan fingerprint density at radius 2 is 2.35 bits per heavy atom. The molecule has 1 saturated heterocycles. The second-order valence-corrected chi connectivity index (χ2v) is 9.07. The minimum atomic E-state index is -0.0363. The highest BCUT2D eigenvalue weighted by Crippen LogP contribution is 2.37. The van der Waals surface area contributed by atoms with E-state index in [1.54, 1.807) is 11.3 Å². The lowest BCUT2D eigenvalue weighted by molar-refractivity contribution is -0.119. The Hall–Kier alpha value is -1.38. The van der Waals surface area contributed by atoms with Gasteiger partial charge in [0, 0.05) is 18.0 Å². The number of nitrogens with zero attached hydrogens (tertiary/aromatic N) is 2. The van der Waals surface area contributed by atoms with E-state index < -0.39 is 0 Å². The molecule has 0 radical (unpaired) electrons. The quantitative estimate of drug-likeness (QED) is 0.759. The molecule has 3 heterocycles. The van der Waals surface area contributed by atoms with Gasteiger partial charge in [0.1, 0.15) is 0 Å². The average molecular weight is 394 g/mol. The van der Waals surface area contributed by atoms with Crippen molar-refractivity contribution >= 4 is 29.0 Å². The molecule has 0 unspecified atom stereocenters. The number of aryl methyl sites for hydroxylation is 1. The molecule has 0 aromatic carbocycles. The number of carbonyl (C=O) groups is 1. The molecular formula is C18H23N3O3S2. The van der Waals surface area contributed by atoms with Crippen LogP contribution in [0, 0.1) is 5.92 Å². The van der Waals surface area contributed by atoms with Gasteiger partial charge in [0.25, 0.3) is 11.1 Å². The molecule has 2 aliphatic rings. The first-order valence-electron chi connectivity index (χ1n) is 9.14. The van der Waals surface area contributed by atoms with E-state index in [1.165, 1.54) is 28.6 Å². The topological polar surface area (TPSA) is 77.2 Å². The molecule has 1 amide bonds. The molecule has 0 spiro atoms. The summed E-state index contributed by atoms with van der Waals surface area (Å²) in [5, 5.41) is 11.6. The van der Waals surface area contributed by atoms with E-state index in [1.807, 2.05) is 0 Å². The molecule has 1 fully saturated rings. The number of hydrogen-bond donors (Lipinski definition) is 1. The molecule has 1 aliphatic carbocycles. The normalized spacial score (nSPS) is 22.3. The number of thiophene rings is 1. The maximum absolute atomic E-state index is 11.9. The monoisotopic (exact) mass is 393 g/mol. The van der Waals surface area contributed by atoms with Crippen molar-refractivity contribution in [3.05, 3.63) is 16.5 Å². The molecular weight excluding hydrogens is 370 g/mol. The minimum Gasteiger partial charge on any atom is -0.410 e. The second kappa shape index (κ2) is 8.10. The summed E-state index contributed by atoms with van der Waals surface area (Å²) in [6, 6.07) is 2.19. The molecule has 0 saturated carbocycles. The predicted molar refractivity (Wildman–Crippen MR) is 102 cm³/mol. The van der Waals surface area contributed by atoms with Crippen LogP contribution >= 0.6 is 23.1 Å². The van der Waals surface area contributed by atoms with Crippen molar-refractivity contribution in [2.24, 2.45) is 5.92 Å². The van der Waals surface area contributed by atoms with Crippen molar-refractivity contribution < 1.29 is 13.9 Å². The molecule has 1 N–H and O–H groups in total. The summed E-state index contributed by atoms with van der Waals surface area (Å²) in [5.41, 5.74) is 1.42. The van der Waals surface area contributed by atoms with E-state index in [9.17, 15) is 4.79 Å². The number of nitrogens with one attached hydrogen (secondary N) is 1. The van der Waals surface area contributed by atoms with Crippen LogP contribution in [0.25, 0.3) is 10.8 Å². The third-order valence-electron chi connectivity index (χ3n) is 4.82. The maximum atomic E-state index is 11.9. The second-order valence-electron chi connectivity index (χ2n) is 7.01. The van der Waals surface area contributed by atoms with Crippen molar-refractivity contribution in [2.75, 3.05) is 18.9 Å². The van der Waals surface area contributed by atoms with E-state index in [4.69, 9.17) is 9.15 Å². The van der Waals surface area contributed by atoms with E-state index in [2.05, 4.69) is 28.5 Å². The number of carbonyl (C=O) groups excluding carboxylic acids is 1. The first kappa shape index (κ1) is 18.0. The fourth-order valence-electron chi connectivity index (χ4n) is 3.39. The van der Waals surface area contributed by atoms with Crippen molar-refractivity contribution in [1.29, 1.82) is 0 Å². The van der Waals surface area contributed by atoms with Crippen LogP contribution in [0.3, 0.4) is 0 Å². The first-order valence-corrected chi connectivity index (χ1v) is 10.9. The summed E-state index contributed by atoms with van der Waals surface area (Å²) in [5.74, 6) is 1.53. The van der Waals surface area contributed by atoms with Crippen LogP contribution < -0.4 is 5.32 Å². The van der Waals surface area contributed by atoms with Gasteiger partial charge in [-0.3, -0.25) is 4.79 Å². The van der Waals surface area contributed by atoms with Crippen molar-refractivity contribution in [1.82, 2.24) is 15.5 Å². The number of fused-ring (bicyclic) bond motifs is 1. The number of rotatable bonds is 6. The van der Waals surface area contributed by atoms with Gasteiger partial charge >= 0.3 is 0 Å². The standard InChI is InChI=1S/C18H23N3O3S2/c1-11-4-5-14-12(7-11)8-15(26-14)17-20-21-18(24-17)25-10-16(22)19-9-13-3-2-6-23-13/h8,11,13H,2-7,9-10H2,1H3,(H,19,22)/t11-,13-/m0/s1. The summed E-state index contributed by atoms with van der Waals surface area (Å²) in [4.78, 5) is 14.4. The maximum Gasteiger partial charge on any atom is 0.277 e. The Morgan fingerprint density at radius 1 is 1.42 bits per heavy atom. The summed E-state index contributed by atoms with van der Waals surface area (Å²) in [7, 11) is 0. The summed E-state index contributed by atoms with van der Waals surface area (Å²) >= 11 is 3.02. The van der Waals surface area contributed by atoms with E-state index in [-0.39, 0.29) is 17.8 Å².